The van der Waals surface area contributed by atoms with E-state index in [9.17, 15) is 4.39 Å². The van der Waals surface area contributed by atoms with E-state index in [1.54, 1.807) is 36.4 Å². The average Bonchev–Trinajstić information content (AvgIpc) is 2.59. The van der Waals surface area contributed by atoms with E-state index < -0.39 is 0 Å². The van der Waals surface area contributed by atoms with Gasteiger partial charge >= 0.3 is 0 Å². The second-order valence-corrected chi connectivity index (χ2v) is 6.55. The summed E-state index contributed by atoms with van der Waals surface area (Å²) in [6.07, 6.45) is 1.58. The van der Waals surface area contributed by atoms with Gasteiger partial charge in [0.25, 0.3) is 0 Å². The van der Waals surface area contributed by atoms with Gasteiger partial charge in [0, 0.05) is 5.56 Å². The van der Waals surface area contributed by atoms with Crippen LogP contribution in [0.2, 0.25) is 0 Å². The Balaban J connectivity index is 2.33. The van der Waals surface area contributed by atoms with Crippen molar-refractivity contribution in [3.8, 4) is 17.6 Å². The number of methoxy groups -OCH3 is 1. The van der Waals surface area contributed by atoms with Crippen molar-refractivity contribution in [3.63, 3.8) is 0 Å². The van der Waals surface area contributed by atoms with Gasteiger partial charge in [0.2, 0.25) is 0 Å². The molecule has 0 heterocycles. The second kappa shape index (κ2) is 8.78. The molecule has 0 fully saturated rings. The van der Waals surface area contributed by atoms with E-state index in [1.165, 1.54) is 13.2 Å². The molecule has 0 unspecified atom stereocenters. The number of nitriles is 1. The van der Waals surface area contributed by atoms with Gasteiger partial charge in [0.15, 0.2) is 11.5 Å². The molecule has 0 aliphatic carbocycles. The van der Waals surface area contributed by atoms with Crippen molar-refractivity contribution in [1.29, 1.82) is 5.26 Å². The summed E-state index contributed by atoms with van der Waals surface area (Å²) in [6, 6.07) is 11.9. The monoisotopic (exact) mass is 468 g/mol. The summed E-state index contributed by atoms with van der Waals surface area (Å²) >= 11 is 6.92. The van der Waals surface area contributed by atoms with Crippen LogP contribution in [0.1, 0.15) is 11.1 Å². The fraction of sp³-hybridized carbons (Fsp3) is 0.111. The first-order valence-electron chi connectivity index (χ1n) is 7.11. The van der Waals surface area contributed by atoms with Crippen LogP contribution in [0.5, 0.6) is 11.5 Å². The smallest absolute Gasteiger partial charge is 0.174 e. The number of nitrogens with zero attached hydrogens (tertiary/aromatic N) is 1. The van der Waals surface area contributed by atoms with Gasteiger partial charge in [-0.05, 0) is 52.4 Å². The van der Waals surface area contributed by atoms with Crippen molar-refractivity contribution >= 4 is 45.9 Å². The predicted octanol–water partition coefficient (Wildman–Crippen LogP) is 4.21. The van der Waals surface area contributed by atoms with Crippen LogP contribution in [0.3, 0.4) is 0 Å². The Morgan fingerprint density at radius 1 is 1.40 bits per heavy atom. The Bertz CT molecular complexity index is 878. The summed E-state index contributed by atoms with van der Waals surface area (Å²) in [6.45, 7) is 0.0740. The zero-order valence-electron chi connectivity index (χ0n) is 13.3. The lowest BCUT2D eigenvalue weighted by atomic mass is 10.1. The van der Waals surface area contributed by atoms with Crippen molar-refractivity contribution in [2.45, 2.75) is 6.61 Å². The highest BCUT2D eigenvalue weighted by atomic mass is 127. The maximum atomic E-state index is 13.7. The van der Waals surface area contributed by atoms with E-state index in [2.05, 4.69) is 22.6 Å². The molecule has 2 aromatic rings. The standard InChI is InChI=1S/C18H14FIN2O2S/c1-23-16-8-11(6-13(9-21)18(22)25)7-15(20)17(16)24-10-12-4-2-3-5-14(12)19/h2-8H,10H2,1H3,(H2,22,25). The molecular formula is C18H14FIN2O2S. The van der Waals surface area contributed by atoms with E-state index >= 15 is 0 Å². The number of hydrogen-bond acceptors (Lipinski definition) is 4. The minimum atomic E-state index is -0.328. The number of hydrogen-bond donors (Lipinski definition) is 1. The summed E-state index contributed by atoms with van der Waals surface area (Å²) in [5.41, 5.74) is 6.86. The Morgan fingerprint density at radius 3 is 2.72 bits per heavy atom. The van der Waals surface area contributed by atoms with Crippen molar-refractivity contribution in [3.05, 3.63) is 62.5 Å². The van der Waals surface area contributed by atoms with Crippen LogP contribution < -0.4 is 15.2 Å². The number of halogens is 2. The number of ether oxygens (including phenoxy) is 2. The normalized spacial score (nSPS) is 10.9. The highest BCUT2D eigenvalue weighted by molar-refractivity contribution is 14.1. The highest BCUT2D eigenvalue weighted by Crippen LogP contribution is 2.35. The minimum Gasteiger partial charge on any atom is -0.493 e. The minimum absolute atomic E-state index is 0.0244. The molecule has 0 saturated heterocycles. The lowest BCUT2D eigenvalue weighted by molar-refractivity contribution is 0.277. The first-order chi connectivity index (χ1) is 12.0. The SMILES string of the molecule is COc1cc(C=C(C#N)C(N)=S)cc(I)c1OCc1ccccc1F. The summed E-state index contributed by atoms with van der Waals surface area (Å²) in [7, 11) is 1.51. The van der Waals surface area contributed by atoms with Gasteiger partial charge < -0.3 is 15.2 Å². The fourth-order valence-corrected chi connectivity index (χ4v) is 2.94. The van der Waals surface area contributed by atoms with Crippen LogP contribution in [0.4, 0.5) is 4.39 Å². The molecule has 25 heavy (non-hydrogen) atoms. The summed E-state index contributed by atoms with van der Waals surface area (Å²) in [5.74, 6) is 0.637. The maximum Gasteiger partial charge on any atom is 0.174 e. The molecule has 4 nitrogen and oxygen atoms in total. The summed E-state index contributed by atoms with van der Waals surface area (Å²) < 4.78 is 25.6. The molecule has 0 aromatic heterocycles. The number of thiocarbonyl (C=S) groups is 1. The molecule has 2 N–H and O–H groups in total. The van der Waals surface area contributed by atoms with E-state index in [1.807, 2.05) is 6.07 Å². The maximum absolute atomic E-state index is 13.7. The molecule has 0 aliphatic heterocycles. The molecule has 0 aliphatic rings. The van der Waals surface area contributed by atoms with E-state index in [-0.39, 0.29) is 23.0 Å². The third-order valence-electron chi connectivity index (χ3n) is 3.28. The predicted molar refractivity (Wildman–Crippen MR) is 107 cm³/mol. The molecular weight excluding hydrogens is 454 g/mol. The highest BCUT2D eigenvalue weighted by Gasteiger charge is 2.13. The molecule has 0 amide bonds. The quantitative estimate of drug-likeness (QED) is 0.298. The lowest BCUT2D eigenvalue weighted by Crippen LogP contribution is -2.09. The van der Waals surface area contributed by atoms with Crippen molar-refractivity contribution in [2.75, 3.05) is 7.11 Å². The topological polar surface area (TPSA) is 68.3 Å². The lowest BCUT2D eigenvalue weighted by Gasteiger charge is -2.14. The van der Waals surface area contributed by atoms with Gasteiger partial charge in [-0.1, -0.05) is 30.4 Å². The van der Waals surface area contributed by atoms with E-state index in [0.717, 1.165) is 3.57 Å². The fourth-order valence-electron chi connectivity index (χ4n) is 2.05. The van der Waals surface area contributed by atoms with Gasteiger partial charge in [-0.2, -0.15) is 5.26 Å². The molecule has 0 bridgehead atoms. The van der Waals surface area contributed by atoms with Gasteiger partial charge in [-0.15, -0.1) is 0 Å². The molecule has 2 aromatic carbocycles. The molecule has 0 saturated carbocycles. The van der Waals surface area contributed by atoms with Crippen LogP contribution in [-0.4, -0.2) is 12.1 Å². The molecule has 128 valence electrons. The molecule has 7 heteroatoms. The average molecular weight is 468 g/mol. The van der Waals surface area contributed by atoms with Gasteiger partial charge in [-0.25, -0.2) is 4.39 Å². The Hall–Kier alpha value is -2.18. The van der Waals surface area contributed by atoms with E-state index in [4.69, 9.17) is 32.7 Å². The second-order valence-electron chi connectivity index (χ2n) is 4.95. The molecule has 2 rings (SSSR count). The van der Waals surface area contributed by atoms with Crippen LogP contribution in [-0.2, 0) is 6.61 Å². The molecule has 0 radical (unpaired) electrons. The third-order valence-corrected chi connectivity index (χ3v) is 4.30. The van der Waals surface area contributed by atoms with Crippen molar-refractivity contribution < 1.29 is 13.9 Å². The molecule has 0 atom stereocenters. The van der Waals surface area contributed by atoms with Crippen LogP contribution in [0.25, 0.3) is 6.08 Å². The zero-order chi connectivity index (χ0) is 18.4. The molecule has 0 spiro atoms. The number of nitrogens with two attached hydrogens (primary N) is 1. The number of rotatable bonds is 6. The van der Waals surface area contributed by atoms with Crippen LogP contribution >= 0.6 is 34.8 Å². The zero-order valence-corrected chi connectivity index (χ0v) is 16.2. The summed E-state index contributed by atoms with van der Waals surface area (Å²) in [5, 5.41) is 9.07. The number of benzene rings is 2. The van der Waals surface area contributed by atoms with E-state index in [0.29, 0.717) is 22.6 Å². The van der Waals surface area contributed by atoms with Gasteiger partial charge in [0.05, 0.1) is 16.3 Å². The summed E-state index contributed by atoms with van der Waals surface area (Å²) in [4.78, 5) is 0.0244. The Morgan fingerprint density at radius 2 is 2.12 bits per heavy atom. The third kappa shape index (κ3) is 4.90. The van der Waals surface area contributed by atoms with Crippen LogP contribution in [0.15, 0.2) is 42.0 Å². The Labute approximate surface area is 164 Å². The Kier molecular flexibility index (Phi) is 6.73. The van der Waals surface area contributed by atoms with Crippen molar-refractivity contribution in [2.24, 2.45) is 5.73 Å². The first kappa shape index (κ1) is 19.1. The van der Waals surface area contributed by atoms with Crippen molar-refractivity contribution in [1.82, 2.24) is 0 Å². The van der Waals surface area contributed by atoms with Gasteiger partial charge in [0.1, 0.15) is 23.5 Å². The van der Waals surface area contributed by atoms with Gasteiger partial charge in [-0.3, -0.25) is 0 Å². The first-order valence-corrected chi connectivity index (χ1v) is 8.60. The van der Waals surface area contributed by atoms with Crippen LogP contribution in [0, 0.1) is 20.7 Å². The largest absolute Gasteiger partial charge is 0.493 e.